The van der Waals surface area contributed by atoms with Gasteiger partial charge in [-0.3, -0.25) is 14.9 Å². The Morgan fingerprint density at radius 1 is 1.25 bits per heavy atom. The van der Waals surface area contributed by atoms with Gasteiger partial charge in [-0.1, -0.05) is 23.9 Å². The van der Waals surface area contributed by atoms with Crippen LogP contribution in [-0.2, 0) is 12.8 Å². The Hall–Kier alpha value is -3.53. The molecule has 10 heteroatoms. The van der Waals surface area contributed by atoms with Crippen molar-refractivity contribution in [2.45, 2.75) is 10.9 Å². The van der Waals surface area contributed by atoms with Crippen LogP contribution >= 0.6 is 11.8 Å². The van der Waals surface area contributed by atoms with Crippen LogP contribution in [0.3, 0.4) is 0 Å². The highest BCUT2D eigenvalue weighted by Gasteiger charge is 2.06. The number of aryl methyl sites for hydroxylation is 1. The van der Waals surface area contributed by atoms with Gasteiger partial charge in [0.15, 0.2) is 5.16 Å². The van der Waals surface area contributed by atoms with Gasteiger partial charge < -0.3 is 4.57 Å². The van der Waals surface area contributed by atoms with E-state index >= 15 is 0 Å². The summed E-state index contributed by atoms with van der Waals surface area (Å²) < 4.78 is 1.84. The lowest BCUT2D eigenvalue weighted by atomic mass is 10.1. The molecule has 0 fully saturated rings. The number of rotatable bonds is 7. The van der Waals surface area contributed by atoms with Gasteiger partial charge in [0.2, 0.25) is 0 Å². The van der Waals surface area contributed by atoms with Crippen LogP contribution < -0.4 is 5.43 Å². The molecule has 0 aliphatic heterocycles. The molecule has 28 heavy (non-hydrogen) atoms. The number of thioether (sulfide) groups is 1. The van der Waals surface area contributed by atoms with Gasteiger partial charge in [-0.15, -0.1) is 10.2 Å². The van der Waals surface area contributed by atoms with Crippen molar-refractivity contribution < 1.29 is 9.72 Å². The minimum absolute atomic E-state index is 0.00128. The Balaban J connectivity index is 1.52. The predicted octanol–water partition coefficient (Wildman–Crippen LogP) is 2.78. The molecule has 1 amide bonds. The van der Waals surface area contributed by atoms with E-state index in [4.69, 9.17) is 0 Å². The fourth-order valence-electron chi connectivity index (χ4n) is 2.22. The second kappa shape index (κ2) is 8.91. The number of carbonyl (C=O) groups is 1. The maximum Gasteiger partial charge on any atom is 0.271 e. The van der Waals surface area contributed by atoms with Crippen LogP contribution in [0.15, 0.2) is 65.1 Å². The molecule has 0 saturated carbocycles. The third-order valence-corrected chi connectivity index (χ3v) is 4.84. The first-order valence-corrected chi connectivity index (χ1v) is 9.15. The number of nitro benzene ring substituents is 1. The lowest BCUT2D eigenvalue weighted by Crippen LogP contribution is -2.17. The fraction of sp³-hybridized carbons (Fsp3) is 0.111. The van der Waals surface area contributed by atoms with Gasteiger partial charge in [0.05, 0.1) is 11.1 Å². The lowest BCUT2D eigenvalue weighted by molar-refractivity contribution is -0.384. The third-order valence-electron chi connectivity index (χ3n) is 3.74. The Bertz CT molecular complexity index is 999. The van der Waals surface area contributed by atoms with Crippen molar-refractivity contribution in [3.05, 3.63) is 81.7 Å². The maximum absolute atomic E-state index is 12.1. The summed E-state index contributed by atoms with van der Waals surface area (Å²) >= 11 is 1.56. The molecular formula is C18H16N6O3S. The van der Waals surface area contributed by atoms with E-state index < -0.39 is 4.92 Å². The van der Waals surface area contributed by atoms with E-state index in [0.29, 0.717) is 16.9 Å². The molecule has 0 aliphatic carbocycles. The predicted molar refractivity (Wildman–Crippen MR) is 105 cm³/mol. The summed E-state index contributed by atoms with van der Waals surface area (Å²) in [4.78, 5) is 22.3. The highest BCUT2D eigenvalue weighted by atomic mass is 32.2. The summed E-state index contributed by atoms with van der Waals surface area (Å²) in [5.74, 6) is 0.373. The molecule has 0 unspecified atom stereocenters. The van der Waals surface area contributed by atoms with Gasteiger partial charge in [0.25, 0.3) is 11.6 Å². The van der Waals surface area contributed by atoms with E-state index in [1.54, 1.807) is 42.4 Å². The van der Waals surface area contributed by atoms with E-state index in [1.165, 1.54) is 18.3 Å². The molecule has 3 aromatic rings. The van der Waals surface area contributed by atoms with Crippen molar-refractivity contribution in [3.63, 3.8) is 0 Å². The van der Waals surface area contributed by atoms with Crippen molar-refractivity contribution in [1.29, 1.82) is 0 Å². The molecule has 0 atom stereocenters. The molecule has 1 N–H and O–H groups in total. The van der Waals surface area contributed by atoms with Crippen molar-refractivity contribution >= 4 is 29.6 Å². The van der Waals surface area contributed by atoms with Crippen LogP contribution in [0.25, 0.3) is 0 Å². The largest absolute Gasteiger partial charge is 0.312 e. The number of carbonyl (C=O) groups excluding carboxylic acids is 1. The second-order valence-electron chi connectivity index (χ2n) is 5.76. The standard InChI is InChI=1S/C18H16N6O3S/c1-23-12-20-22-18(23)28-11-14-2-6-15(7-3-14)17(25)21-19-10-13-4-8-16(9-5-13)24(26)27/h2-10,12H,11H2,1H3,(H,21,25)/b19-10+. The maximum atomic E-state index is 12.1. The molecule has 0 spiro atoms. The summed E-state index contributed by atoms with van der Waals surface area (Å²) in [6.45, 7) is 0. The van der Waals surface area contributed by atoms with Gasteiger partial charge in [-0.25, -0.2) is 5.43 Å². The average Bonchev–Trinajstić information content (AvgIpc) is 3.12. The van der Waals surface area contributed by atoms with Gasteiger partial charge in [0, 0.05) is 30.5 Å². The van der Waals surface area contributed by atoms with Crippen molar-refractivity contribution in [2.75, 3.05) is 0 Å². The Labute approximate surface area is 164 Å². The third kappa shape index (κ3) is 5.01. The number of hydrogen-bond acceptors (Lipinski definition) is 7. The normalized spacial score (nSPS) is 10.9. The van der Waals surface area contributed by atoms with Crippen LogP contribution in [0.5, 0.6) is 0 Å². The van der Waals surface area contributed by atoms with Crippen LogP contribution in [0.2, 0.25) is 0 Å². The van der Waals surface area contributed by atoms with Gasteiger partial charge in [-0.05, 0) is 35.4 Å². The summed E-state index contributed by atoms with van der Waals surface area (Å²) in [5.41, 5.74) is 4.61. The molecule has 3 rings (SSSR count). The van der Waals surface area contributed by atoms with Crippen LogP contribution in [-0.4, -0.2) is 31.8 Å². The zero-order valence-corrected chi connectivity index (χ0v) is 15.7. The summed E-state index contributed by atoms with van der Waals surface area (Å²) in [5, 5.41) is 23.2. The summed E-state index contributed by atoms with van der Waals surface area (Å²) in [6.07, 6.45) is 3.07. The van der Waals surface area contributed by atoms with Gasteiger partial charge >= 0.3 is 0 Å². The molecule has 0 saturated heterocycles. The molecule has 9 nitrogen and oxygen atoms in total. The number of hydrazone groups is 1. The number of nitrogens with zero attached hydrogens (tertiary/aromatic N) is 5. The summed E-state index contributed by atoms with van der Waals surface area (Å²) in [7, 11) is 1.88. The van der Waals surface area contributed by atoms with Gasteiger partial charge in [0.1, 0.15) is 6.33 Å². The van der Waals surface area contributed by atoms with E-state index in [0.717, 1.165) is 10.7 Å². The molecule has 1 aromatic heterocycles. The number of benzene rings is 2. The molecule has 1 heterocycles. The van der Waals surface area contributed by atoms with Gasteiger partial charge in [-0.2, -0.15) is 5.10 Å². The molecule has 0 aliphatic rings. The Morgan fingerprint density at radius 2 is 1.96 bits per heavy atom. The zero-order valence-electron chi connectivity index (χ0n) is 14.8. The van der Waals surface area contributed by atoms with E-state index in [1.807, 2.05) is 23.7 Å². The monoisotopic (exact) mass is 396 g/mol. The second-order valence-corrected chi connectivity index (χ2v) is 6.70. The SMILES string of the molecule is Cn1cnnc1SCc1ccc(C(=O)N/N=C/c2ccc([N+](=O)[O-])cc2)cc1. The van der Waals surface area contributed by atoms with E-state index in [-0.39, 0.29) is 11.6 Å². The lowest BCUT2D eigenvalue weighted by Gasteiger charge is -2.03. The van der Waals surface area contributed by atoms with E-state index in [9.17, 15) is 14.9 Å². The first-order valence-electron chi connectivity index (χ1n) is 8.16. The molecular weight excluding hydrogens is 380 g/mol. The number of nitro groups is 1. The number of non-ortho nitro benzene ring substituents is 1. The average molecular weight is 396 g/mol. The fourth-order valence-corrected chi connectivity index (χ4v) is 3.06. The highest BCUT2D eigenvalue weighted by molar-refractivity contribution is 7.98. The van der Waals surface area contributed by atoms with Crippen LogP contribution in [0, 0.1) is 10.1 Å². The highest BCUT2D eigenvalue weighted by Crippen LogP contribution is 2.20. The van der Waals surface area contributed by atoms with Crippen LogP contribution in [0.4, 0.5) is 5.69 Å². The van der Waals surface area contributed by atoms with Crippen molar-refractivity contribution in [2.24, 2.45) is 12.1 Å². The topological polar surface area (TPSA) is 115 Å². The number of nitrogens with one attached hydrogen (secondary N) is 1. The number of aromatic nitrogens is 3. The van der Waals surface area contributed by atoms with Crippen molar-refractivity contribution in [3.8, 4) is 0 Å². The first-order chi connectivity index (χ1) is 13.5. The van der Waals surface area contributed by atoms with E-state index in [2.05, 4.69) is 20.7 Å². The number of amides is 1. The Morgan fingerprint density at radius 3 is 2.57 bits per heavy atom. The molecule has 0 bridgehead atoms. The zero-order chi connectivity index (χ0) is 19.9. The van der Waals surface area contributed by atoms with Crippen LogP contribution in [0.1, 0.15) is 21.5 Å². The number of hydrogen-bond donors (Lipinski definition) is 1. The molecule has 142 valence electrons. The molecule has 0 radical (unpaired) electrons. The summed E-state index contributed by atoms with van der Waals surface area (Å²) in [6, 6.07) is 13.1. The smallest absolute Gasteiger partial charge is 0.271 e. The Kier molecular flexibility index (Phi) is 6.12. The molecule has 2 aromatic carbocycles. The minimum atomic E-state index is -0.474. The van der Waals surface area contributed by atoms with Crippen molar-refractivity contribution in [1.82, 2.24) is 20.2 Å². The first kappa shape index (κ1) is 19.2. The quantitative estimate of drug-likeness (QED) is 0.284. The minimum Gasteiger partial charge on any atom is -0.312 e.